The molecule has 108 valence electrons. The van der Waals surface area contributed by atoms with E-state index < -0.39 is 0 Å². The second-order valence-corrected chi connectivity index (χ2v) is 6.40. The Morgan fingerprint density at radius 1 is 1.58 bits per heavy atom. The molecule has 2 rings (SSSR count). The Morgan fingerprint density at radius 2 is 2.37 bits per heavy atom. The van der Waals surface area contributed by atoms with Gasteiger partial charge in [0.15, 0.2) is 0 Å². The number of methoxy groups -OCH3 is 1. The summed E-state index contributed by atoms with van der Waals surface area (Å²) in [4.78, 5) is 6.86. The predicted molar refractivity (Wildman–Crippen MR) is 77.2 cm³/mol. The minimum absolute atomic E-state index is 0.0701. The van der Waals surface area contributed by atoms with E-state index in [0.717, 1.165) is 43.1 Å². The molecule has 1 aliphatic rings. The van der Waals surface area contributed by atoms with Crippen molar-refractivity contribution in [3.05, 3.63) is 16.1 Å². The summed E-state index contributed by atoms with van der Waals surface area (Å²) < 4.78 is 5.28. The first kappa shape index (κ1) is 14.9. The molecule has 1 fully saturated rings. The zero-order chi connectivity index (χ0) is 13.8. The summed E-state index contributed by atoms with van der Waals surface area (Å²) in [7, 11) is 3.81. The van der Waals surface area contributed by atoms with Crippen molar-refractivity contribution in [1.29, 1.82) is 0 Å². The fourth-order valence-electron chi connectivity index (χ4n) is 2.65. The molecule has 1 N–H and O–H groups in total. The fraction of sp³-hybridized carbons (Fsp3) is 0.786. The lowest BCUT2D eigenvalue weighted by Crippen LogP contribution is -2.29. The Labute approximate surface area is 119 Å². The molecular weight excluding hydrogens is 260 g/mol. The summed E-state index contributed by atoms with van der Waals surface area (Å²) in [5, 5.41) is 13.0. The van der Waals surface area contributed by atoms with Crippen molar-refractivity contribution in [2.24, 2.45) is 5.92 Å². The first-order valence-corrected chi connectivity index (χ1v) is 7.81. The Balaban J connectivity index is 1.84. The third kappa shape index (κ3) is 3.99. The maximum absolute atomic E-state index is 9.86. The molecule has 0 spiro atoms. The Morgan fingerprint density at radius 3 is 3.00 bits per heavy atom. The van der Waals surface area contributed by atoms with E-state index in [0.29, 0.717) is 5.92 Å². The molecule has 4 nitrogen and oxygen atoms in total. The lowest BCUT2D eigenvalue weighted by atomic mass is 10.1. The average molecular weight is 284 g/mol. The van der Waals surface area contributed by atoms with Gasteiger partial charge in [0, 0.05) is 25.6 Å². The normalized spacial score (nSPS) is 25.1. The summed E-state index contributed by atoms with van der Waals surface area (Å²) >= 11 is 1.66. The second-order valence-electron chi connectivity index (χ2n) is 5.51. The van der Waals surface area contributed by atoms with Crippen molar-refractivity contribution >= 4 is 11.3 Å². The van der Waals surface area contributed by atoms with Gasteiger partial charge in [-0.05, 0) is 32.7 Å². The van der Waals surface area contributed by atoms with Crippen LogP contribution in [0.1, 0.15) is 43.0 Å². The number of nitrogens with zero attached hydrogens (tertiary/aromatic N) is 2. The lowest BCUT2D eigenvalue weighted by molar-refractivity contribution is 0.107. The van der Waals surface area contributed by atoms with Gasteiger partial charge < -0.3 is 14.7 Å². The molecule has 0 amide bonds. The van der Waals surface area contributed by atoms with Crippen LogP contribution in [-0.4, -0.2) is 41.8 Å². The van der Waals surface area contributed by atoms with Gasteiger partial charge in [-0.1, -0.05) is 6.42 Å². The summed E-state index contributed by atoms with van der Waals surface area (Å²) in [5.74, 6) is 0.431. The molecule has 0 radical (unpaired) electrons. The molecule has 1 aromatic rings. The van der Waals surface area contributed by atoms with Gasteiger partial charge in [-0.2, -0.15) is 0 Å². The topological polar surface area (TPSA) is 45.6 Å². The minimum atomic E-state index is -0.109. The largest absolute Gasteiger partial charge is 0.393 e. The fourth-order valence-corrected chi connectivity index (χ4v) is 3.50. The number of hydrogen-bond donors (Lipinski definition) is 1. The maximum Gasteiger partial charge on any atom is 0.122 e. The van der Waals surface area contributed by atoms with Gasteiger partial charge in [0.2, 0.25) is 0 Å². The number of thiazole rings is 1. The van der Waals surface area contributed by atoms with Crippen molar-refractivity contribution in [2.45, 2.75) is 44.9 Å². The highest BCUT2D eigenvalue weighted by molar-refractivity contribution is 7.09. The Kier molecular flexibility index (Phi) is 5.33. The van der Waals surface area contributed by atoms with Gasteiger partial charge in [0.25, 0.3) is 0 Å². The van der Waals surface area contributed by atoms with E-state index in [1.165, 1.54) is 0 Å². The lowest BCUT2D eigenvalue weighted by Gasteiger charge is -2.22. The molecule has 0 aliphatic heterocycles. The zero-order valence-electron chi connectivity index (χ0n) is 12.0. The first-order chi connectivity index (χ1) is 9.10. The number of rotatable bonds is 6. The van der Waals surface area contributed by atoms with Crippen LogP contribution in [0.5, 0.6) is 0 Å². The van der Waals surface area contributed by atoms with Crippen LogP contribution in [0.25, 0.3) is 0 Å². The number of aliphatic hydroxyl groups is 1. The van der Waals surface area contributed by atoms with Crippen molar-refractivity contribution < 1.29 is 9.84 Å². The van der Waals surface area contributed by atoms with Gasteiger partial charge >= 0.3 is 0 Å². The quantitative estimate of drug-likeness (QED) is 0.871. The summed E-state index contributed by atoms with van der Waals surface area (Å²) in [6, 6.07) is 0. The van der Waals surface area contributed by atoms with Crippen molar-refractivity contribution in [1.82, 2.24) is 9.88 Å². The third-order valence-electron chi connectivity index (χ3n) is 3.87. The van der Waals surface area contributed by atoms with Crippen LogP contribution in [0.2, 0.25) is 0 Å². The van der Waals surface area contributed by atoms with Gasteiger partial charge in [-0.15, -0.1) is 11.3 Å². The molecule has 5 heteroatoms. The van der Waals surface area contributed by atoms with E-state index in [1.807, 2.05) is 6.92 Å². The van der Waals surface area contributed by atoms with Gasteiger partial charge in [0.1, 0.15) is 11.1 Å². The minimum Gasteiger partial charge on any atom is -0.393 e. The highest BCUT2D eigenvalue weighted by Gasteiger charge is 2.26. The van der Waals surface area contributed by atoms with Gasteiger partial charge in [0.05, 0.1) is 11.8 Å². The van der Waals surface area contributed by atoms with Crippen molar-refractivity contribution in [2.75, 3.05) is 20.7 Å². The molecule has 3 unspecified atom stereocenters. The van der Waals surface area contributed by atoms with Crippen LogP contribution in [0, 0.1) is 5.92 Å². The molecule has 1 aromatic heterocycles. The molecule has 3 atom stereocenters. The molecule has 1 aliphatic carbocycles. The van der Waals surface area contributed by atoms with Crippen LogP contribution >= 0.6 is 11.3 Å². The van der Waals surface area contributed by atoms with Gasteiger partial charge in [-0.3, -0.25) is 0 Å². The molecule has 1 heterocycles. The van der Waals surface area contributed by atoms with E-state index in [9.17, 15) is 5.11 Å². The molecule has 0 bridgehead atoms. The number of hydrogen-bond acceptors (Lipinski definition) is 5. The standard InChI is InChI=1S/C14H24N2O2S/c1-10(18-3)14-15-12(9-19-14)8-16(2)7-11-5-4-6-13(11)17/h9-11,13,17H,4-8H2,1-3H3. The van der Waals surface area contributed by atoms with E-state index >= 15 is 0 Å². The van der Waals surface area contributed by atoms with E-state index in [4.69, 9.17) is 4.74 Å². The summed E-state index contributed by atoms with van der Waals surface area (Å²) in [5.41, 5.74) is 1.10. The van der Waals surface area contributed by atoms with Crippen LogP contribution in [0.3, 0.4) is 0 Å². The summed E-state index contributed by atoms with van der Waals surface area (Å²) in [6.07, 6.45) is 3.23. The van der Waals surface area contributed by atoms with Crippen LogP contribution in [0.4, 0.5) is 0 Å². The van der Waals surface area contributed by atoms with Crippen molar-refractivity contribution in [3.8, 4) is 0 Å². The van der Waals surface area contributed by atoms with Crippen LogP contribution in [-0.2, 0) is 11.3 Å². The van der Waals surface area contributed by atoms with Crippen LogP contribution in [0.15, 0.2) is 5.38 Å². The second kappa shape index (κ2) is 6.79. The highest BCUT2D eigenvalue weighted by Crippen LogP contribution is 2.26. The molecule has 19 heavy (non-hydrogen) atoms. The predicted octanol–water partition coefficient (Wildman–Crippen LogP) is 2.44. The SMILES string of the molecule is COC(C)c1nc(CN(C)CC2CCCC2O)cs1. The van der Waals surface area contributed by atoms with Gasteiger partial charge in [-0.25, -0.2) is 4.98 Å². The zero-order valence-corrected chi connectivity index (χ0v) is 12.8. The third-order valence-corrected chi connectivity index (χ3v) is 4.92. The first-order valence-electron chi connectivity index (χ1n) is 6.94. The number of aromatic nitrogens is 1. The maximum atomic E-state index is 9.86. The summed E-state index contributed by atoms with van der Waals surface area (Å²) in [6.45, 7) is 3.81. The van der Waals surface area contributed by atoms with E-state index in [1.54, 1.807) is 18.4 Å². The van der Waals surface area contributed by atoms with Crippen molar-refractivity contribution in [3.63, 3.8) is 0 Å². The molecule has 0 aromatic carbocycles. The Bertz CT molecular complexity index is 397. The Hall–Kier alpha value is -0.490. The van der Waals surface area contributed by atoms with Crippen LogP contribution < -0.4 is 0 Å². The molecule has 0 saturated heterocycles. The average Bonchev–Trinajstić information content (AvgIpc) is 2.99. The van der Waals surface area contributed by atoms with E-state index in [-0.39, 0.29) is 12.2 Å². The number of ether oxygens (including phenoxy) is 1. The monoisotopic (exact) mass is 284 g/mol. The highest BCUT2D eigenvalue weighted by atomic mass is 32.1. The van der Waals surface area contributed by atoms with E-state index in [2.05, 4.69) is 22.3 Å². The number of aliphatic hydroxyl groups excluding tert-OH is 1. The smallest absolute Gasteiger partial charge is 0.122 e. The molecule has 1 saturated carbocycles. The molecular formula is C14H24N2O2S.